The van der Waals surface area contributed by atoms with Gasteiger partial charge in [-0.15, -0.1) is 11.3 Å². The van der Waals surface area contributed by atoms with Gasteiger partial charge in [0.2, 0.25) is 0 Å². The van der Waals surface area contributed by atoms with E-state index < -0.39 is 5.97 Å². The highest BCUT2D eigenvalue weighted by Crippen LogP contribution is 2.36. The van der Waals surface area contributed by atoms with Gasteiger partial charge in [0.25, 0.3) is 0 Å². The first-order chi connectivity index (χ1) is 16.3. The summed E-state index contributed by atoms with van der Waals surface area (Å²) in [5.41, 5.74) is 2.27. The minimum atomic E-state index is -0.450. The van der Waals surface area contributed by atoms with Crippen LogP contribution in [0, 0.1) is 0 Å². The zero-order chi connectivity index (χ0) is 24.2. The van der Waals surface area contributed by atoms with Crippen LogP contribution in [0.2, 0.25) is 10.0 Å². The second-order valence-electron chi connectivity index (χ2n) is 7.05. The molecule has 0 bridgehead atoms. The highest BCUT2D eigenvalue weighted by atomic mass is 79.9. The summed E-state index contributed by atoms with van der Waals surface area (Å²) in [4.78, 5) is 13.3. The van der Waals surface area contributed by atoms with Crippen molar-refractivity contribution in [3.8, 4) is 10.4 Å². The Morgan fingerprint density at radius 2 is 1.94 bits per heavy atom. The minimum absolute atomic E-state index is 0.280. The number of thiocarbonyl (C=S) groups is 1. The maximum absolute atomic E-state index is 12.3. The van der Waals surface area contributed by atoms with E-state index in [-0.39, 0.29) is 5.11 Å². The Morgan fingerprint density at radius 3 is 2.65 bits per heavy atom. The largest absolute Gasteiger partial charge is 0.465 e. The molecule has 0 aliphatic rings. The molecule has 0 unspecified atom stereocenters. The third-order valence-electron chi connectivity index (χ3n) is 4.72. The van der Waals surface area contributed by atoms with Crippen molar-refractivity contribution >= 4 is 84.6 Å². The molecule has 2 aromatic heterocycles. The second kappa shape index (κ2) is 10.9. The predicted octanol–water partition coefficient (Wildman–Crippen LogP) is 7.32. The third-order valence-corrected chi connectivity index (χ3v) is 7.19. The van der Waals surface area contributed by atoms with E-state index in [1.165, 1.54) is 18.4 Å². The SMILES string of the molecule is COC(=O)c1cc(-c2ccccc2)sc1NC(=S)Nc1nn(Cc2ccc(Cl)cc2Cl)cc1Br. The second-order valence-corrected chi connectivity index (χ2v) is 10.2. The lowest BCUT2D eigenvalue weighted by Gasteiger charge is -2.09. The standard InChI is InChI=1S/C23H17BrCl2N4O2S2/c1-32-22(31)16-10-19(13-5-3-2-4-6-13)34-21(16)28-23(33)27-20-17(24)12-30(29-20)11-14-7-8-15(25)9-18(14)26/h2-10,12H,11H2,1H3,(H2,27,28,29,33). The summed E-state index contributed by atoms with van der Waals surface area (Å²) in [5, 5.41) is 12.7. The molecular weight excluding hydrogens is 579 g/mol. The highest BCUT2D eigenvalue weighted by Gasteiger charge is 2.19. The molecule has 2 N–H and O–H groups in total. The number of halogens is 3. The molecule has 0 fully saturated rings. The summed E-state index contributed by atoms with van der Waals surface area (Å²) in [6.07, 6.45) is 1.81. The van der Waals surface area contributed by atoms with Crippen molar-refractivity contribution in [3.63, 3.8) is 0 Å². The number of nitrogens with one attached hydrogen (secondary N) is 2. The Balaban J connectivity index is 1.50. The van der Waals surface area contributed by atoms with E-state index in [2.05, 4.69) is 31.7 Å². The van der Waals surface area contributed by atoms with Crippen molar-refractivity contribution in [2.75, 3.05) is 17.7 Å². The van der Waals surface area contributed by atoms with Crippen LogP contribution >= 0.6 is 62.7 Å². The molecule has 0 aliphatic carbocycles. The van der Waals surface area contributed by atoms with Crippen molar-refractivity contribution in [1.82, 2.24) is 9.78 Å². The smallest absolute Gasteiger partial charge is 0.340 e. The lowest BCUT2D eigenvalue weighted by Crippen LogP contribution is -2.20. The number of thiophene rings is 1. The Labute approximate surface area is 224 Å². The third kappa shape index (κ3) is 5.79. The minimum Gasteiger partial charge on any atom is -0.465 e. The van der Waals surface area contributed by atoms with Gasteiger partial charge in [0.1, 0.15) is 5.00 Å². The Morgan fingerprint density at radius 1 is 1.18 bits per heavy atom. The lowest BCUT2D eigenvalue weighted by atomic mass is 10.1. The van der Waals surface area contributed by atoms with E-state index in [0.717, 1.165) is 16.0 Å². The highest BCUT2D eigenvalue weighted by molar-refractivity contribution is 9.10. The molecule has 4 rings (SSSR count). The maximum Gasteiger partial charge on any atom is 0.340 e. The molecule has 4 aromatic rings. The summed E-state index contributed by atoms with van der Waals surface area (Å²) in [6, 6.07) is 16.9. The van der Waals surface area contributed by atoms with E-state index in [1.54, 1.807) is 22.9 Å². The number of rotatable bonds is 6. The molecule has 11 heteroatoms. The molecule has 6 nitrogen and oxygen atoms in total. The van der Waals surface area contributed by atoms with E-state index >= 15 is 0 Å². The number of benzene rings is 2. The van der Waals surface area contributed by atoms with Gasteiger partial charge in [0.05, 0.1) is 23.7 Å². The van der Waals surface area contributed by atoms with Gasteiger partial charge < -0.3 is 15.4 Å². The van der Waals surface area contributed by atoms with E-state index in [0.29, 0.717) is 37.4 Å². The molecule has 0 saturated heterocycles. The number of methoxy groups -OCH3 is 1. The number of esters is 1. The molecule has 34 heavy (non-hydrogen) atoms. The van der Waals surface area contributed by atoms with Crippen LogP contribution in [-0.4, -0.2) is 28.0 Å². The monoisotopic (exact) mass is 594 g/mol. The topological polar surface area (TPSA) is 68.2 Å². The van der Waals surface area contributed by atoms with Gasteiger partial charge in [-0.25, -0.2) is 4.79 Å². The predicted molar refractivity (Wildman–Crippen MR) is 146 cm³/mol. The number of hydrogen-bond donors (Lipinski definition) is 2. The molecule has 0 atom stereocenters. The average Bonchev–Trinajstić information content (AvgIpc) is 3.39. The van der Waals surface area contributed by atoms with E-state index in [9.17, 15) is 4.79 Å². The van der Waals surface area contributed by atoms with Crippen LogP contribution in [0.15, 0.2) is 65.3 Å². The van der Waals surface area contributed by atoms with Crippen LogP contribution in [-0.2, 0) is 11.3 Å². The fraction of sp³-hybridized carbons (Fsp3) is 0.0870. The number of aromatic nitrogens is 2. The van der Waals surface area contributed by atoms with E-state index in [1.807, 2.05) is 42.6 Å². The molecule has 2 heterocycles. The molecule has 0 spiro atoms. The maximum atomic E-state index is 12.3. The fourth-order valence-corrected chi connectivity index (χ4v) is 5.32. The summed E-state index contributed by atoms with van der Waals surface area (Å²) in [6.45, 7) is 0.453. The number of carbonyl (C=O) groups excluding carboxylic acids is 1. The summed E-state index contributed by atoms with van der Waals surface area (Å²) in [5.74, 6) is 0.0658. The van der Waals surface area contributed by atoms with Crippen molar-refractivity contribution in [2.24, 2.45) is 0 Å². The Bertz CT molecular complexity index is 1360. The normalized spacial score (nSPS) is 10.7. The summed E-state index contributed by atoms with van der Waals surface area (Å²) >= 11 is 22.6. The van der Waals surface area contributed by atoms with Gasteiger partial charge >= 0.3 is 5.97 Å². The van der Waals surface area contributed by atoms with Gasteiger partial charge in [-0.05, 0) is 57.5 Å². The molecular formula is C23H17BrCl2N4O2S2. The number of nitrogens with zero attached hydrogens (tertiary/aromatic N) is 2. The zero-order valence-corrected chi connectivity index (χ0v) is 22.4. The van der Waals surface area contributed by atoms with Gasteiger partial charge in [-0.2, -0.15) is 5.10 Å². The van der Waals surface area contributed by atoms with Crippen molar-refractivity contribution in [1.29, 1.82) is 0 Å². The van der Waals surface area contributed by atoms with Crippen LogP contribution < -0.4 is 10.6 Å². The van der Waals surface area contributed by atoms with Crippen molar-refractivity contribution in [3.05, 3.63) is 86.4 Å². The zero-order valence-electron chi connectivity index (χ0n) is 17.6. The number of ether oxygens (including phenoxy) is 1. The molecule has 174 valence electrons. The molecule has 2 aromatic carbocycles. The van der Waals surface area contributed by atoms with Crippen LogP contribution in [0.1, 0.15) is 15.9 Å². The van der Waals surface area contributed by atoms with Crippen LogP contribution in [0.4, 0.5) is 10.8 Å². The molecule has 0 radical (unpaired) electrons. The number of hydrogen-bond acceptors (Lipinski definition) is 5. The average molecular weight is 596 g/mol. The van der Waals surface area contributed by atoms with Gasteiger partial charge in [0, 0.05) is 21.1 Å². The summed E-state index contributed by atoms with van der Waals surface area (Å²) < 4.78 is 7.38. The number of carbonyl (C=O) groups is 1. The van der Waals surface area contributed by atoms with Gasteiger partial charge in [-0.1, -0.05) is 59.6 Å². The van der Waals surface area contributed by atoms with Crippen molar-refractivity contribution < 1.29 is 9.53 Å². The quantitative estimate of drug-likeness (QED) is 0.180. The number of anilines is 2. The molecule has 0 aliphatic heterocycles. The van der Waals surface area contributed by atoms with E-state index in [4.69, 9.17) is 40.2 Å². The van der Waals surface area contributed by atoms with Crippen molar-refractivity contribution in [2.45, 2.75) is 6.54 Å². The van der Waals surface area contributed by atoms with Gasteiger partial charge in [0.15, 0.2) is 10.9 Å². The summed E-state index contributed by atoms with van der Waals surface area (Å²) in [7, 11) is 1.35. The first-order valence-corrected chi connectivity index (χ1v) is 12.6. The first-order valence-electron chi connectivity index (χ1n) is 9.86. The Hall–Kier alpha value is -2.43. The van der Waals surface area contributed by atoms with Gasteiger partial charge in [-0.3, -0.25) is 4.68 Å². The van der Waals surface area contributed by atoms with Crippen LogP contribution in [0.25, 0.3) is 10.4 Å². The molecule has 0 amide bonds. The lowest BCUT2D eigenvalue weighted by molar-refractivity contribution is 0.0602. The fourth-order valence-electron chi connectivity index (χ4n) is 3.12. The van der Waals surface area contributed by atoms with Crippen LogP contribution in [0.5, 0.6) is 0 Å². The van der Waals surface area contributed by atoms with Crippen LogP contribution in [0.3, 0.4) is 0 Å². The first kappa shape index (κ1) is 24.7. The molecule has 0 saturated carbocycles. The Kier molecular flexibility index (Phi) is 7.90.